The molecular weight excluding hydrogens is 1230 g/mol. The smallest absolute Gasteiger partial charge is 0.548 e. The molecule has 90 heavy (non-hydrogen) atoms. The van der Waals surface area contributed by atoms with Gasteiger partial charge in [-0.05, 0) is 94.7 Å². The molecule has 0 radical (unpaired) electrons. The molecule has 444 valence electrons. The maximum absolute atomic E-state index is 11.6. The number of aliphatic imine (C=N–C) groups is 3. The van der Waals surface area contributed by atoms with Gasteiger partial charge < -0.3 is 29.7 Å². The van der Waals surface area contributed by atoms with Crippen molar-refractivity contribution in [1.29, 1.82) is 0 Å². The molecule has 0 spiro atoms. The third kappa shape index (κ3) is 23.8. The summed E-state index contributed by atoms with van der Waals surface area (Å²) >= 11 is 0. The third-order valence-electron chi connectivity index (χ3n) is 13.8. The van der Waals surface area contributed by atoms with E-state index in [-0.39, 0.29) is 138 Å². The molecule has 15 heteroatoms. The van der Waals surface area contributed by atoms with Crippen molar-refractivity contribution in [3.05, 3.63) is 271 Å². The first-order valence-electron chi connectivity index (χ1n) is 29.0. The predicted molar refractivity (Wildman–Crippen MR) is 363 cm³/mol. The normalized spacial score (nSPS) is 12.4. The van der Waals surface area contributed by atoms with E-state index < -0.39 is 70.6 Å². The van der Waals surface area contributed by atoms with Crippen molar-refractivity contribution in [3.8, 4) is 0 Å². The van der Waals surface area contributed by atoms with Crippen LogP contribution < -0.4 is 195 Å². The van der Waals surface area contributed by atoms with E-state index in [0.29, 0.717) is 6.42 Å². The second kappa shape index (κ2) is 39.6. The van der Waals surface area contributed by atoms with Crippen LogP contribution in [-0.2, 0) is 14.4 Å². The fourth-order valence-electron chi connectivity index (χ4n) is 9.57. The summed E-state index contributed by atoms with van der Waals surface area (Å²) in [6, 6.07) is 84.1. The molecule has 0 saturated heterocycles. The van der Waals surface area contributed by atoms with Gasteiger partial charge in [-0.3, -0.25) is 15.0 Å². The van der Waals surface area contributed by atoms with Crippen molar-refractivity contribution < 1.29 is 162 Å². The summed E-state index contributed by atoms with van der Waals surface area (Å²) in [6.45, 7) is 15.1. The molecule has 9 aromatic carbocycles. The van der Waals surface area contributed by atoms with Gasteiger partial charge in [0.05, 0.1) is 36.0 Å². The van der Waals surface area contributed by atoms with E-state index in [1.807, 2.05) is 146 Å². The van der Waals surface area contributed by atoms with Gasteiger partial charge in [-0.1, -0.05) is 310 Å². The second-order valence-electron chi connectivity index (χ2n) is 23.2. The number of hydrogen-bond acceptors (Lipinski definition) is 9. The minimum atomic E-state index is -1.15. The topological polar surface area (TPSA) is 157 Å². The molecule has 0 aliphatic carbocycles. The number of hydrogen-bond donors (Lipinski definition) is 0. The van der Waals surface area contributed by atoms with Gasteiger partial charge in [-0.15, -0.1) is 0 Å². The van der Waals surface area contributed by atoms with E-state index in [1.54, 1.807) is 18.6 Å². The second-order valence-corrected chi connectivity index (χ2v) is 29.7. The van der Waals surface area contributed by atoms with Crippen LogP contribution in [-0.4, -0.2) is 54.7 Å². The Balaban J connectivity index is 0.000000284. The molecule has 0 heterocycles. The number of carboxylic acids is 3. The summed E-state index contributed by atoms with van der Waals surface area (Å²) in [6.07, 6.45) is 5.57. The molecule has 0 bridgehead atoms. The first-order chi connectivity index (χ1) is 41.8. The molecule has 3 atom stereocenters. The van der Waals surface area contributed by atoms with Crippen LogP contribution in [0.4, 0.5) is 0 Å². The standard InChI is InChI=1S/3C25H26NO2P.2K.Na/c2*1-25(2,3)23(24(27)28)26-18-19-12-10-11-17-22(19)29(20-13-6-4-7-14-20)21-15-8-5-9-16-21;1-19(2)17-23(25(27)28)26-18-20-11-9-10-16-24(20)29(21-12-5-3-6-13-21)22-14-7-4-8-15-22;;;/h2*4-18,23H,1-3H3,(H,27,28);3-16,18-19,23H,17H2,1-2H3,(H,27,28);;;/q;;;3*+1/p-3/t3*23-;;;/m110.../s1. The summed E-state index contributed by atoms with van der Waals surface area (Å²) in [5.74, 6) is -3.20. The van der Waals surface area contributed by atoms with E-state index in [2.05, 4.69) is 179 Å². The summed E-state index contributed by atoms with van der Waals surface area (Å²) in [7, 11) is -2.37. The average molecular weight is 1310 g/mol. The Bertz CT molecular complexity index is 3430. The van der Waals surface area contributed by atoms with E-state index >= 15 is 0 Å². The van der Waals surface area contributed by atoms with Crippen LogP contribution in [0.1, 0.15) is 78.5 Å². The number of aliphatic carboxylic acids is 3. The Labute approximate surface area is 644 Å². The molecule has 0 saturated carbocycles. The van der Waals surface area contributed by atoms with Crippen LogP contribution in [0.3, 0.4) is 0 Å². The number of carbonyl (C=O) groups is 3. The Kier molecular flexibility index (Phi) is 34.5. The Morgan fingerprint density at radius 1 is 0.356 bits per heavy atom. The molecule has 9 rings (SSSR count). The predicted octanol–water partition coefficient (Wildman–Crippen LogP) is 0.0969. The maximum atomic E-state index is 11.6. The molecular formula is C75H75K2N3NaO6P3. The largest absolute Gasteiger partial charge is 1.00 e. The quantitative estimate of drug-likeness (QED) is 0.0599. The van der Waals surface area contributed by atoms with Crippen LogP contribution in [0.5, 0.6) is 0 Å². The SMILES string of the molecule is CC(C)(C)[C@H](N=Cc1ccccc1P(c1ccccc1)c1ccccc1)C(=O)[O-].CC(C)(C)[C@H](N=Cc1ccccc1P(c1ccccc1)c1ccccc1)C(=O)[O-].CC(C)C[C@H](N=Cc1ccccc1P(c1ccccc1)c1ccccc1)C(=O)[O-].[K+].[K+].[Na+]. The average Bonchev–Trinajstić information content (AvgIpc) is 1.66. The number of rotatable bonds is 20. The van der Waals surface area contributed by atoms with Crippen molar-refractivity contribution in [3.63, 3.8) is 0 Å². The summed E-state index contributed by atoms with van der Waals surface area (Å²) in [5.41, 5.74) is 1.77. The van der Waals surface area contributed by atoms with Crippen molar-refractivity contribution in [2.75, 3.05) is 0 Å². The van der Waals surface area contributed by atoms with Gasteiger partial charge in [0.2, 0.25) is 0 Å². The van der Waals surface area contributed by atoms with Gasteiger partial charge in [0.1, 0.15) is 0 Å². The Morgan fingerprint density at radius 2 is 0.567 bits per heavy atom. The molecule has 0 aliphatic rings. The van der Waals surface area contributed by atoms with Gasteiger partial charge in [-0.2, -0.15) is 0 Å². The van der Waals surface area contributed by atoms with Gasteiger partial charge in [-0.25, -0.2) is 0 Å². The molecule has 0 N–H and O–H groups in total. The van der Waals surface area contributed by atoms with Crippen molar-refractivity contribution in [2.24, 2.45) is 31.7 Å². The van der Waals surface area contributed by atoms with Crippen molar-refractivity contribution in [2.45, 2.75) is 79.9 Å². The van der Waals surface area contributed by atoms with E-state index in [1.165, 1.54) is 31.8 Å². The minimum Gasteiger partial charge on any atom is -0.548 e. The summed E-state index contributed by atoms with van der Waals surface area (Å²) in [5, 5.41) is 45.6. The zero-order valence-electron chi connectivity index (χ0n) is 53.6. The molecule has 9 nitrogen and oxygen atoms in total. The number of carboxylic acid groups (broad SMARTS) is 3. The summed E-state index contributed by atoms with van der Waals surface area (Å²) < 4.78 is 0. The third-order valence-corrected chi connectivity index (χ3v) is 21.3. The zero-order valence-corrected chi connectivity index (χ0v) is 64.6. The van der Waals surface area contributed by atoms with Crippen LogP contribution in [0.2, 0.25) is 0 Å². The van der Waals surface area contributed by atoms with Gasteiger partial charge in [0.25, 0.3) is 0 Å². The van der Waals surface area contributed by atoms with E-state index in [0.717, 1.165) is 32.6 Å². The van der Waals surface area contributed by atoms with Crippen LogP contribution in [0.15, 0.2) is 270 Å². The molecule has 9 aromatic rings. The molecule has 0 fully saturated rings. The van der Waals surface area contributed by atoms with E-state index in [9.17, 15) is 29.7 Å². The first kappa shape index (κ1) is 78.4. The van der Waals surface area contributed by atoms with Gasteiger partial charge >= 0.3 is 132 Å². The Hall–Kier alpha value is -4.04. The van der Waals surface area contributed by atoms with Gasteiger partial charge in [0.15, 0.2) is 0 Å². The van der Waals surface area contributed by atoms with Crippen LogP contribution >= 0.6 is 23.8 Å². The van der Waals surface area contributed by atoms with Crippen LogP contribution in [0.25, 0.3) is 0 Å². The van der Waals surface area contributed by atoms with Crippen molar-refractivity contribution in [1.82, 2.24) is 0 Å². The first-order valence-corrected chi connectivity index (χ1v) is 33.0. The molecule has 0 amide bonds. The number of carbonyl (C=O) groups excluding carboxylic acids is 3. The maximum Gasteiger partial charge on any atom is 1.00 e. The molecule has 0 aliphatic heterocycles. The van der Waals surface area contributed by atoms with Crippen molar-refractivity contribution >= 4 is 108 Å². The fourth-order valence-corrected chi connectivity index (χ4v) is 16.8. The fraction of sp³-hybridized carbons (Fsp3) is 0.200. The summed E-state index contributed by atoms with van der Waals surface area (Å²) in [4.78, 5) is 47.9. The van der Waals surface area contributed by atoms with E-state index in [4.69, 9.17) is 0 Å². The van der Waals surface area contributed by atoms with Crippen LogP contribution in [0, 0.1) is 16.7 Å². The molecule has 0 aromatic heterocycles. The monoisotopic (exact) mass is 1310 g/mol. The Morgan fingerprint density at radius 3 is 0.767 bits per heavy atom. The number of nitrogens with zero attached hydrogens (tertiary/aromatic N) is 3. The zero-order chi connectivity index (χ0) is 62.3. The van der Waals surface area contributed by atoms with Gasteiger partial charge in [0, 0.05) is 35.3 Å². The number of benzene rings is 9. The minimum absolute atomic E-state index is 0. The molecule has 0 unspecified atom stereocenters.